The Bertz CT molecular complexity index is 775. The number of nitrogens with one attached hydrogen (secondary N) is 1. The van der Waals surface area contributed by atoms with Crippen LogP contribution in [0.3, 0.4) is 0 Å². The molecule has 0 saturated carbocycles. The number of nitrogens with two attached hydrogens (primary N) is 1. The number of ether oxygens (including phenoxy) is 1. The zero-order valence-electron chi connectivity index (χ0n) is 10.9. The van der Waals surface area contributed by atoms with Gasteiger partial charge in [-0.05, 0) is 42.5 Å². The van der Waals surface area contributed by atoms with Crippen LogP contribution in [0.4, 0.5) is 0 Å². The second-order valence-electron chi connectivity index (χ2n) is 4.41. The Morgan fingerprint density at radius 3 is 2.60 bits per heavy atom. The van der Waals surface area contributed by atoms with E-state index in [1.807, 2.05) is 24.3 Å². The fourth-order valence-electron chi connectivity index (χ4n) is 2.05. The van der Waals surface area contributed by atoms with E-state index in [2.05, 4.69) is 9.97 Å². The maximum Gasteiger partial charge on any atom is 0.248 e. The average Bonchev–Trinajstić information content (AvgIpc) is 2.90. The van der Waals surface area contributed by atoms with E-state index in [1.165, 1.54) is 0 Å². The van der Waals surface area contributed by atoms with E-state index < -0.39 is 5.91 Å². The summed E-state index contributed by atoms with van der Waals surface area (Å²) in [5.41, 5.74) is 8.25. The largest absolute Gasteiger partial charge is 0.497 e. The Morgan fingerprint density at radius 1 is 1.20 bits per heavy atom. The maximum absolute atomic E-state index is 11.2. The minimum absolute atomic E-state index is 0.451. The first-order valence-corrected chi connectivity index (χ1v) is 6.11. The smallest absolute Gasteiger partial charge is 0.248 e. The molecule has 0 aliphatic rings. The van der Waals surface area contributed by atoms with Gasteiger partial charge in [-0.1, -0.05) is 0 Å². The molecule has 3 N–H and O–H groups in total. The number of aromatic nitrogens is 2. The SMILES string of the molecule is COc1ccc(-c2nc3ccc(C(N)=O)cc3[nH]2)cc1. The van der Waals surface area contributed by atoms with Gasteiger partial charge in [-0.15, -0.1) is 0 Å². The quantitative estimate of drug-likeness (QED) is 0.764. The van der Waals surface area contributed by atoms with Gasteiger partial charge >= 0.3 is 0 Å². The summed E-state index contributed by atoms with van der Waals surface area (Å²) in [5, 5.41) is 0. The molecule has 0 aliphatic carbocycles. The summed E-state index contributed by atoms with van der Waals surface area (Å²) < 4.78 is 5.12. The van der Waals surface area contributed by atoms with Gasteiger partial charge < -0.3 is 15.5 Å². The number of imidazole rings is 1. The maximum atomic E-state index is 11.2. The van der Waals surface area contributed by atoms with Crippen molar-refractivity contribution >= 4 is 16.9 Å². The van der Waals surface area contributed by atoms with Crippen molar-refractivity contribution in [3.05, 3.63) is 48.0 Å². The lowest BCUT2D eigenvalue weighted by Gasteiger charge is -2.00. The molecule has 5 nitrogen and oxygen atoms in total. The molecule has 0 radical (unpaired) electrons. The summed E-state index contributed by atoms with van der Waals surface area (Å²) in [4.78, 5) is 18.8. The number of aromatic amines is 1. The zero-order chi connectivity index (χ0) is 14.1. The summed E-state index contributed by atoms with van der Waals surface area (Å²) in [6, 6.07) is 12.7. The lowest BCUT2D eigenvalue weighted by atomic mass is 10.2. The standard InChI is InChI=1S/C15H13N3O2/c1-20-11-5-2-9(3-6-11)15-17-12-7-4-10(14(16)19)8-13(12)18-15/h2-8H,1H3,(H2,16,19)(H,17,18). The number of fused-ring (bicyclic) bond motifs is 1. The fraction of sp³-hybridized carbons (Fsp3) is 0.0667. The van der Waals surface area contributed by atoms with Crippen molar-refractivity contribution in [2.45, 2.75) is 0 Å². The number of benzene rings is 2. The third kappa shape index (κ3) is 2.09. The van der Waals surface area contributed by atoms with E-state index in [4.69, 9.17) is 10.5 Å². The number of carbonyl (C=O) groups is 1. The number of methoxy groups -OCH3 is 1. The van der Waals surface area contributed by atoms with Gasteiger partial charge in [0.25, 0.3) is 0 Å². The fourth-order valence-corrected chi connectivity index (χ4v) is 2.05. The summed E-state index contributed by atoms with van der Waals surface area (Å²) in [5.74, 6) is 1.08. The average molecular weight is 267 g/mol. The number of nitrogens with zero attached hydrogens (tertiary/aromatic N) is 1. The molecule has 0 saturated heterocycles. The van der Waals surface area contributed by atoms with Crippen LogP contribution in [-0.4, -0.2) is 23.0 Å². The minimum atomic E-state index is -0.451. The second kappa shape index (κ2) is 4.70. The van der Waals surface area contributed by atoms with Gasteiger partial charge in [0, 0.05) is 11.1 Å². The highest BCUT2D eigenvalue weighted by molar-refractivity contribution is 5.96. The third-order valence-corrected chi connectivity index (χ3v) is 3.13. The van der Waals surface area contributed by atoms with Crippen molar-refractivity contribution in [2.24, 2.45) is 5.73 Å². The molecule has 2 aromatic carbocycles. The zero-order valence-corrected chi connectivity index (χ0v) is 10.9. The van der Waals surface area contributed by atoms with E-state index in [-0.39, 0.29) is 0 Å². The van der Waals surface area contributed by atoms with Crippen LogP contribution < -0.4 is 10.5 Å². The Kier molecular flexibility index (Phi) is 2.87. The minimum Gasteiger partial charge on any atom is -0.497 e. The van der Waals surface area contributed by atoms with Crippen molar-refractivity contribution in [2.75, 3.05) is 7.11 Å². The number of rotatable bonds is 3. The van der Waals surface area contributed by atoms with Crippen molar-refractivity contribution in [3.63, 3.8) is 0 Å². The van der Waals surface area contributed by atoms with Crippen molar-refractivity contribution in [1.82, 2.24) is 9.97 Å². The lowest BCUT2D eigenvalue weighted by molar-refractivity contribution is 0.100. The highest BCUT2D eigenvalue weighted by Crippen LogP contribution is 2.23. The van der Waals surface area contributed by atoms with E-state index in [0.717, 1.165) is 28.2 Å². The number of carbonyl (C=O) groups excluding carboxylic acids is 1. The first-order valence-electron chi connectivity index (χ1n) is 6.11. The Morgan fingerprint density at radius 2 is 1.95 bits per heavy atom. The van der Waals surface area contributed by atoms with Gasteiger partial charge in [0.05, 0.1) is 18.1 Å². The van der Waals surface area contributed by atoms with Gasteiger partial charge in [0.2, 0.25) is 5.91 Å². The highest BCUT2D eigenvalue weighted by Gasteiger charge is 2.08. The van der Waals surface area contributed by atoms with Crippen LogP contribution in [0.5, 0.6) is 5.75 Å². The Balaban J connectivity index is 2.05. The first kappa shape index (κ1) is 12.2. The molecule has 5 heteroatoms. The topological polar surface area (TPSA) is 81.0 Å². The molecule has 0 aliphatic heterocycles. The first-order chi connectivity index (χ1) is 9.67. The van der Waals surface area contributed by atoms with Crippen LogP contribution in [0.1, 0.15) is 10.4 Å². The highest BCUT2D eigenvalue weighted by atomic mass is 16.5. The molecular formula is C15H13N3O2. The molecule has 1 amide bonds. The Labute approximate surface area is 115 Å². The van der Waals surface area contributed by atoms with Gasteiger partial charge in [-0.25, -0.2) is 4.98 Å². The van der Waals surface area contributed by atoms with Gasteiger partial charge in [-0.3, -0.25) is 4.79 Å². The van der Waals surface area contributed by atoms with E-state index >= 15 is 0 Å². The van der Waals surface area contributed by atoms with Crippen LogP contribution in [0.2, 0.25) is 0 Å². The lowest BCUT2D eigenvalue weighted by Crippen LogP contribution is -2.10. The normalized spacial score (nSPS) is 10.7. The molecule has 0 unspecified atom stereocenters. The summed E-state index contributed by atoms with van der Waals surface area (Å²) in [6.07, 6.45) is 0. The van der Waals surface area contributed by atoms with Crippen molar-refractivity contribution in [1.29, 1.82) is 0 Å². The molecule has 0 bridgehead atoms. The molecule has 3 aromatic rings. The van der Waals surface area contributed by atoms with Crippen LogP contribution in [0.25, 0.3) is 22.4 Å². The van der Waals surface area contributed by atoms with Crippen molar-refractivity contribution in [3.8, 4) is 17.1 Å². The second-order valence-corrected chi connectivity index (χ2v) is 4.41. The molecular weight excluding hydrogens is 254 g/mol. The van der Waals surface area contributed by atoms with Crippen LogP contribution in [0.15, 0.2) is 42.5 Å². The number of primary amides is 1. The van der Waals surface area contributed by atoms with Crippen LogP contribution in [0, 0.1) is 0 Å². The van der Waals surface area contributed by atoms with Crippen LogP contribution >= 0.6 is 0 Å². The Hall–Kier alpha value is -2.82. The van der Waals surface area contributed by atoms with Gasteiger partial charge in [-0.2, -0.15) is 0 Å². The molecule has 0 spiro atoms. The predicted octanol–water partition coefficient (Wildman–Crippen LogP) is 2.34. The van der Waals surface area contributed by atoms with Gasteiger partial charge in [0.15, 0.2) is 0 Å². The van der Waals surface area contributed by atoms with Crippen molar-refractivity contribution < 1.29 is 9.53 Å². The molecule has 0 atom stereocenters. The number of H-pyrrole nitrogens is 1. The molecule has 100 valence electrons. The van der Waals surface area contributed by atoms with E-state index in [1.54, 1.807) is 25.3 Å². The molecule has 20 heavy (non-hydrogen) atoms. The summed E-state index contributed by atoms with van der Waals surface area (Å²) in [6.45, 7) is 0. The predicted molar refractivity (Wildman–Crippen MR) is 76.6 cm³/mol. The monoisotopic (exact) mass is 267 g/mol. The number of hydrogen-bond acceptors (Lipinski definition) is 3. The summed E-state index contributed by atoms with van der Waals surface area (Å²) in [7, 11) is 1.63. The molecule has 0 fully saturated rings. The number of amides is 1. The summed E-state index contributed by atoms with van der Waals surface area (Å²) >= 11 is 0. The number of hydrogen-bond donors (Lipinski definition) is 2. The molecule has 1 aromatic heterocycles. The van der Waals surface area contributed by atoms with E-state index in [0.29, 0.717) is 5.56 Å². The third-order valence-electron chi connectivity index (χ3n) is 3.13. The van der Waals surface area contributed by atoms with Gasteiger partial charge in [0.1, 0.15) is 11.6 Å². The molecule has 3 rings (SSSR count). The van der Waals surface area contributed by atoms with E-state index in [9.17, 15) is 4.79 Å². The molecule has 1 heterocycles. The van der Waals surface area contributed by atoms with Crippen LogP contribution in [-0.2, 0) is 0 Å².